The molecule has 0 aliphatic heterocycles. The standard InChI is InChI=1S/C21H13Br2F9O2S/c22-17(13-5-1-3-7-15(13)24)9-12(10-18(23,11-17)14-6-2-4-8-16(14)25)35(33,34)21(31,32)19(26,27)20(28,29)30/h1-9H,10-11H2. The molecule has 3 rings (SSSR count). The number of rotatable bonds is 5. The van der Waals surface area contributed by atoms with Gasteiger partial charge in [0.1, 0.15) is 11.6 Å². The molecule has 14 heteroatoms. The quantitative estimate of drug-likeness (QED) is 0.243. The molecule has 2 aromatic rings. The minimum atomic E-state index is -6.96. The van der Waals surface area contributed by atoms with E-state index in [0.29, 0.717) is 6.08 Å². The van der Waals surface area contributed by atoms with E-state index in [0.717, 1.165) is 24.3 Å². The fourth-order valence-electron chi connectivity index (χ4n) is 3.76. The van der Waals surface area contributed by atoms with Crippen LogP contribution in [-0.2, 0) is 18.5 Å². The molecule has 1 aliphatic rings. The van der Waals surface area contributed by atoms with E-state index in [4.69, 9.17) is 0 Å². The normalized spacial score (nSPS) is 24.3. The minimum Gasteiger partial charge on any atom is -0.217 e. The zero-order valence-electron chi connectivity index (χ0n) is 17.0. The molecule has 0 amide bonds. The van der Waals surface area contributed by atoms with Crippen LogP contribution in [0, 0.1) is 11.6 Å². The topological polar surface area (TPSA) is 34.1 Å². The number of sulfone groups is 1. The van der Waals surface area contributed by atoms with Crippen LogP contribution in [-0.4, -0.2) is 25.8 Å². The first-order valence-corrected chi connectivity index (χ1v) is 12.5. The van der Waals surface area contributed by atoms with Crippen molar-refractivity contribution < 1.29 is 47.9 Å². The van der Waals surface area contributed by atoms with Gasteiger partial charge in [0, 0.05) is 17.5 Å². The fraction of sp³-hybridized carbons (Fsp3) is 0.333. The molecule has 2 unspecified atom stereocenters. The summed E-state index contributed by atoms with van der Waals surface area (Å²) in [6, 6.07) is 9.22. The summed E-state index contributed by atoms with van der Waals surface area (Å²) in [5, 5.41) is -6.63. The van der Waals surface area contributed by atoms with Crippen molar-refractivity contribution in [1.29, 1.82) is 0 Å². The lowest BCUT2D eigenvalue weighted by Gasteiger charge is -2.42. The average molecular weight is 660 g/mol. The predicted octanol–water partition coefficient (Wildman–Crippen LogP) is 7.73. The molecule has 0 fully saturated rings. The van der Waals surface area contributed by atoms with Crippen molar-refractivity contribution >= 4 is 41.7 Å². The van der Waals surface area contributed by atoms with E-state index in [1.165, 1.54) is 24.3 Å². The van der Waals surface area contributed by atoms with E-state index < -0.39 is 65.2 Å². The molecule has 1 aliphatic carbocycles. The molecule has 2 atom stereocenters. The number of hydrogen-bond donors (Lipinski definition) is 0. The van der Waals surface area contributed by atoms with Crippen LogP contribution >= 0.6 is 31.9 Å². The van der Waals surface area contributed by atoms with Gasteiger partial charge in [0.25, 0.3) is 0 Å². The van der Waals surface area contributed by atoms with Crippen LogP contribution < -0.4 is 0 Å². The molecule has 35 heavy (non-hydrogen) atoms. The lowest BCUT2D eigenvalue weighted by atomic mass is 9.78. The second-order valence-electron chi connectivity index (χ2n) is 7.84. The summed E-state index contributed by atoms with van der Waals surface area (Å²) < 4.78 is 145. The largest absolute Gasteiger partial charge is 0.461 e. The van der Waals surface area contributed by atoms with E-state index in [2.05, 4.69) is 31.9 Å². The fourth-order valence-corrected chi connectivity index (χ4v) is 8.19. The number of alkyl halides is 9. The number of allylic oxidation sites excluding steroid dienone is 2. The van der Waals surface area contributed by atoms with Gasteiger partial charge in [0.15, 0.2) is 0 Å². The SMILES string of the molecule is O=S(=O)(C1=CC(Br)(c2ccccc2F)CC(Br)(c2ccccc2F)C1)C(F)(F)C(F)(F)C(F)(F)F. The maximum absolute atomic E-state index is 14.7. The molecule has 0 radical (unpaired) electrons. The third kappa shape index (κ3) is 4.54. The van der Waals surface area contributed by atoms with Crippen LogP contribution in [0.15, 0.2) is 59.5 Å². The highest BCUT2D eigenvalue weighted by molar-refractivity contribution is 9.10. The van der Waals surface area contributed by atoms with Gasteiger partial charge < -0.3 is 0 Å². The van der Waals surface area contributed by atoms with E-state index >= 15 is 0 Å². The smallest absolute Gasteiger partial charge is 0.217 e. The molecule has 0 N–H and O–H groups in total. The Hall–Kier alpha value is -1.54. The molecular weight excluding hydrogens is 647 g/mol. The molecule has 0 spiro atoms. The zero-order valence-corrected chi connectivity index (χ0v) is 21.0. The van der Waals surface area contributed by atoms with E-state index in [1.807, 2.05) is 0 Å². The number of hydrogen-bond acceptors (Lipinski definition) is 2. The molecular formula is C21H13Br2F9O2S. The van der Waals surface area contributed by atoms with Crippen LogP contribution in [0.5, 0.6) is 0 Å². The monoisotopic (exact) mass is 658 g/mol. The second kappa shape index (κ2) is 8.79. The highest BCUT2D eigenvalue weighted by atomic mass is 79.9. The van der Waals surface area contributed by atoms with Gasteiger partial charge in [0.05, 0.1) is 13.6 Å². The molecule has 2 nitrogen and oxygen atoms in total. The van der Waals surface area contributed by atoms with Crippen LogP contribution in [0.3, 0.4) is 0 Å². The Bertz CT molecular complexity index is 1280. The van der Waals surface area contributed by atoms with E-state index in [9.17, 15) is 47.9 Å². The van der Waals surface area contributed by atoms with Crippen LogP contribution in [0.25, 0.3) is 0 Å². The lowest BCUT2D eigenvalue weighted by molar-refractivity contribution is -0.331. The van der Waals surface area contributed by atoms with Gasteiger partial charge in [-0.25, -0.2) is 17.2 Å². The second-order valence-corrected chi connectivity index (χ2v) is 12.8. The first-order valence-electron chi connectivity index (χ1n) is 9.47. The van der Waals surface area contributed by atoms with Crippen molar-refractivity contribution in [3.8, 4) is 0 Å². The Kier molecular flexibility index (Phi) is 7.04. The van der Waals surface area contributed by atoms with Crippen LogP contribution in [0.1, 0.15) is 24.0 Å². The Balaban J connectivity index is 2.31. The number of halogens is 11. The summed E-state index contributed by atoms with van der Waals surface area (Å²) in [7, 11) is -6.73. The Morgan fingerprint density at radius 1 is 0.771 bits per heavy atom. The van der Waals surface area contributed by atoms with Crippen molar-refractivity contribution in [2.75, 3.05) is 0 Å². The third-order valence-corrected chi connectivity index (χ3v) is 9.27. The van der Waals surface area contributed by atoms with Crippen molar-refractivity contribution in [1.82, 2.24) is 0 Å². The minimum absolute atomic E-state index is 0.313. The molecule has 0 saturated heterocycles. The van der Waals surface area contributed by atoms with Gasteiger partial charge in [0.2, 0.25) is 9.84 Å². The zero-order chi connectivity index (χ0) is 26.7. The molecule has 2 aromatic carbocycles. The van der Waals surface area contributed by atoms with Crippen molar-refractivity contribution in [2.24, 2.45) is 0 Å². The first-order chi connectivity index (χ1) is 15.8. The van der Waals surface area contributed by atoms with Crippen LogP contribution in [0.2, 0.25) is 0 Å². The summed E-state index contributed by atoms with van der Waals surface area (Å²) in [6.07, 6.45) is -8.04. The maximum Gasteiger partial charge on any atom is 0.461 e. The molecule has 192 valence electrons. The summed E-state index contributed by atoms with van der Waals surface area (Å²) in [4.78, 5) is -1.57. The summed E-state index contributed by atoms with van der Waals surface area (Å²) in [6.45, 7) is 0. The molecule has 0 heterocycles. The van der Waals surface area contributed by atoms with Crippen molar-refractivity contribution in [3.05, 3.63) is 82.3 Å². The third-order valence-electron chi connectivity index (χ3n) is 5.46. The molecule has 0 bridgehead atoms. The molecule has 0 aromatic heterocycles. The molecule has 0 saturated carbocycles. The predicted molar refractivity (Wildman–Crippen MR) is 116 cm³/mol. The van der Waals surface area contributed by atoms with Gasteiger partial charge in [-0.1, -0.05) is 68.3 Å². The van der Waals surface area contributed by atoms with E-state index in [-0.39, 0.29) is 11.1 Å². The number of benzene rings is 2. The Labute approximate surface area is 210 Å². The Morgan fingerprint density at radius 3 is 1.69 bits per heavy atom. The highest BCUT2D eigenvalue weighted by Gasteiger charge is 2.79. The summed E-state index contributed by atoms with van der Waals surface area (Å²) in [5.41, 5.74) is -0.662. The van der Waals surface area contributed by atoms with Gasteiger partial charge in [-0.05, 0) is 24.6 Å². The summed E-state index contributed by atoms with van der Waals surface area (Å²) in [5.74, 6) is -8.90. The Morgan fingerprint density at radius 2 is 1.23 bits per heavy atom. The average Bonchev–Trinajstić information content (AvgIpc) is 2.72. The van der Waals surface area contributed by atoms with Crippen molar-refractivity contribution in [2.45, 2.75) is 38.8 Å². The van der Waals surface area contributed by atoms with Crippen molar-refractivity contribution in [3.63, 3.8) is 0 Å². The first kappa shape index (κ1) is 28.0. The summed E-state index contributed by atoms with van der Waals surface area (Å²) >= 11 is 6.14. The van der Waals surface area contributed by atoms with Crippen LogP contribution in [0.4, 0.5) is 39.5 Å². The highest BCUT2D eigenvalue weighted by Crippen LogP contribution is 2.59. The van der Waals surface area contributed by atoms with Gasteiger partial charge >= 0.3 is 17.4 Å². The lowest BCUT2D eigenvalue weighted by Crippen LogP contribution is -2.56. The van der Waals surface area contributed by atoms with Gasteiger partial charge in [-0.2, -0.15) is 30.7 Å². The van der Waals surface area contributed by atoms with Gasteiger partial charge in [-0.15, -0.1) is 0 Å². The van der Waals surface area contributed by atoms with Gasteiger partial charge in [-0.3, -0.25) is 0 Å². The maximum atomic E-state index is 14.7. The van der Waals surface area contributed by atoms with E-state index in [1.54, 1.807) is 0 Å².